The lowest BCUT2D eigenvalue weighted by atomic mass is 10.1. The summed E-state index contributed by atoms with van der Waals surface area (Å²) >= 11 is 0. The number of hydrogen-bond acceptors (Lipinski definition) is 8. The van der Waals surface area contributed by atoms with Crippen molar-refractivity contribution >= 4 is 16.9 Å². The zero-order valence-electron chi connectivity index (χ0n) is 15.4. The minimum absolute atomic E-state index is 0.0985. The first kappa shape index (κ1) is 18.8. The number of hydrogen-bond donors (Lipinski definition) is 4. The normalized spacial score (nSPS) is 25.9. The van der Waals surface area contributed by atoms with Crippen molar-refractivity contribution in [2.75, 3.05) is 11.9 Å². The number of aromatic nitrogens is 4. The van der Waals surface area contributed by atoms with Gasteiger partial charge in [0.05, 0.1) is 24.6 Å². The number of benzene rings is 1. The van der Waals surface area contributed by atoms with Gasteiger partial charge in [0.1, 0.15) is 23.8 Å². The van der Waals surface area contributed by atoms with E-state index in [9.17, 15) is 15.3 Å². The molecular formula is C19H23N5O4. The fourth-order valence-corrected chi connectivity index (χ4v) is 3.53. The summed E-state index contributed by atoms with van der Waals surface area (Å²) in [6, 6.07) is 10.2. The van der Waals surface area contributed by atoms with Gasteiger partial charge in [-0.1, -0.05) is 30.3 Å². The van der Waals surface area contributed by atoms with Gasteiger partial charge in [-0.3, -0.25) is 4.57 Å². The second-order valence-electron chi connectivity index (χ2n) is 7.04. The van der Waals surface area contributed by atoms with Gasteiger partial charge in [-0.15, -0.1) is 5.10 Å². The average Bonchev–Trinajstić information content (AvgIpc) is 3.25. The molecule has 0 amide bonds. The topological polar surface area (TPSA) is 126 Å². The molecule has 4 rings (SSSR count). The van der Waals surface area contributed by atoms with E-state index in [0.717, 1.165) is 6.42 Å². The van der Waals surface area contributed by atoms with E-state index in [1.54, 1.807) is 4.57 Å². The summed E-state index contributed by atoms with van der Waals surface area (Å²) < 4.78 is 7.19. The van der Waals surface area contributed by atoms with Gasteiger partial charge in [0.15, 0.2) is 12.0 Å². The van der Waals surface area contributed by atoms with E-state index in [-0.39, 0.29) is 12.6 Å². The average molecular weight is 385 g/mol. The maximum absolute atomic E-state index is 10.3. The largest absolute Gasteiger partial charge is 0.394 e. The van der Waals surface area contributed by atoms with E-state index in [0.29, 0.717) is 16.9 Å². The van der Waals surface area contributed by atoms with Crippen molar-refractivity contribution in [3.8, 4) is 0 Å². The minimum Gasteiger partial charge on any atom is -0.394 e. The SMILES string of the molecule is C[C@H](Cc1ccccc1)Nc1nncc2c1ncn2[C@@H]1O[C@H](CO)[C@@H](O)[C@H]1O. The van der Waals surface area contributed by atoms with Gasteiger partial charge < -0.3 is 25.4 Å². The third-order valence-corrected chi connectivity index (χ3v) is 4.95. The van der Waals surface area contributed by atoms with E-state index in [2.05, 4.69) is 39.6 Å². The summed E-state index contributed by atoms with van der Waals surface area (Å²) in [6.07, 6.45) is -0.214. The Hall–Kier alpha value is -2.59. The van der Waals surface area contributed by atoms with Crippen LogP contribution in [-0.2, 0) is 11.2 Å². The molecule has 1 aliphatic heterocycles. The van der Waals surface area contributed by atoms with Crippen LogP contribution in [0.4, 0.5) is 5.82 Å². The number of nitrogens with one attached hydrogen (secondary N) is 1. The lowest BCUT2D eigenvalue weighted by molar-refractivity contribution is -0.0509. The van der Waals surface area contributed by atoms with Crippen LogP contribution in [0, 0.1) is 0 Å². The van der Waals surface area contributed by atoms with Crippen molar-refractivity contribution in [2.24, 2.45) is 0 Å². The van der Waals surface area contributed by atoms with Crippen LogP contribution in [0.2, 0.25) is 0 Å². The molecule has 0 spiro atoms. The van der Waals surface area contributed by atoms with E-state index in [4.69, 9.17) is 4.74 Å². The van der Waals surface area contributed by atoms with Gasteiger partial charge >= 0.3 is 0 Å². The molecule has 0 saturated carbocycles. The monoisotopic (exact) mass is 385 g/mol. The minimum atomic E-state index is -1.18. The molecule has 1 aliphatic rings. The standard InChI is InChI=1S/C19H23N5O4/c1-11(7-12-5-3-2-4-6-12)22-18-15-13(8-21-23-18)24(10-20-15)19-17(27)16(26)14(9-25)28-19/h2-6,8,10-11,14,16-17,19,25-27H,7,9H2,1H3,(H,22,23)/t11-,14-,16-,17-,19-/m1/s1. The highest BCUT2D eigenvalue weighted by Crippen LogP contribution is 2.32. The molecule has 9 heteroatoms. The number of nitrogens with zero attached hydrogens (tertiary/aromatic N) is 4. The number of ether oxygens (including phenoxy) is 1. The Morgan fingerprint density at radius 2 is 2.00 bits per heavy atom. The van der Waals surface area contributed by atoms with Gasteiger partial charge in [-0.25, -0.2) is 4.98 Å². The van der Waals surface area contributed by atoms with Gasteiger partial charge in [0.25, 0.3) is 0 Å². The molecule has 1 saturated heterocycles. The molecule has 28 heavy (non-hydrogen) atoms. The van der Waals surface area contributed by atoms with Crippen molar-refractivity contribution in [1.82, 2.24) is 19.7 Å². The van der Waals surface area contributed by atoms with Crippen LogP contribution in [0.25, 0.3) is 11.0 Å². The first-order chi connectivity index (χ1) is 13.6. The van der Waals surface area contributed by atoms with Crippen LogP contribution in [0.5, 0.6) is 0 Å². The van der Waals surface area contributed by atoms with Crippen molar-refractivity contribution in [3.05, 3.63) is 48.4 Å². The molecule has 2 aromatic heterocycles. The first-order valence-electron chi connectivity index (χ1n) is 9.19. The van der Waals surface area contributed by atoms with Gasteiger partial charge in [0.2, 0.25) is 0 Å². The first-order valence-corrected chi connectivity index (χ1v) is 9.19. The van der Waals surface area contributed by atoms with Gasteiger partial charge in [-0.2, -0.15) is 5.10 Å². The summed E-state index contributed by atoms with van der Waals surface area (Å²) in [5.74, 6) is 0.534. The molecule has 5 atom stereocenters. The number of imidazole rings is 1. The maximum Gasteiger partial charge on any atom is 0.177 e. The maximum atomic E-state index is 10.3. The van der Waals surface area contributed by atoms with E-state index in [1.807, 2.05) is 18.2 Å². The van der Waals surface area contributed by atoms with Crippen LogP contribution in [0.15, 0.2) is 42.9 Å². The van der Waals surface area contributed by atoms with Crippen LogP contribution in [0.3, 0.4) is 0 Å². The fraction of sp³-hybridized carbons (Fsp3) is 0.421. The second kappa shape index (κ2) is 7.80. The fourth-order valence-electron chi connectivity index (χ4n) is 3.53. The van der Waals surface area contributed by atoms with Crippen LogP contribution in [0.1, 0.15) is 18.7 Å². The molecule has 4 N–H and O–H groups in total. The van der Waals surface area contributed by atoms with Gasteiger partial charge in [-0.05, 0) is 18.9 Å². The molecule has 3 heterocycles. The van der Waals surface area contributed by atoms with Gasteiger partial charge in [0, 0.05) is 6.04 Å². The number of aliphatic hydroxyl groups is 3. The Morgan fingerprint density at radius 1 is 1.21 bits per heavy atom. The highest BCUT2D eigenvalue weighted by molar-refractivity contribution is 5.85. The molecule has 0 unspecified atom stereocenters. The van der Waals surface area contributed by atoms with Crippen molar-refractivity contribution < 1.29 is 20.1 Å². The molecule has 0 radical (unpaired) electrons. The Morgan fingerprint density at radius 3 is 2.71 bits per heavy atom. The number of anilines is 1. The molecule has 1 aromatic carbocycles. The van der Waals surface area contributed by atoms with E-state index in [1.165, 1.54) is 18.1 Å². The summed E-state index contributed by atoms with van der Waals surface area (Å²) in [4.78, 5) is 4.40. The van der Waals surface area contributed by atoms with E-state index < -0.39 is 24.5 Å². The number of fused-ring (bicyclic) bond motifs is 1. The van der Waals surface area contributed by atoms with Crippen LogP contribution in [-0.4, -0.2) is 66.0 Å². The lowest BCUT2D eigenvalue weighted by Gasteiger charge is -2.17. The summed E-state index contributed by atoms with van der Waals surface area (Å²) in [5.41, 5.74) is 2.41. The van der Waals surface area contributed by atoms with Crippen LogP contribution >= 0.6 is 0 Å². The zero-order valence-corrected chi connectivity index (χ0v) is 15.4. The van der Waals surface area contributed by atoms with E-state index >= 15 is 0 Å². The summed E-state index contributed by atoms with van der Waals surface area (Å²) in [5, 5.41) is 41.1. The Balaban J connectivity index is 1.57. The zero-order chi connectivity index (χ0) is 19.7. The Kier molecular flexibility index (Phi) is 5.23. The Labute approximate surface area is 161 Å². The summed E-state index contributed by atoms with van der Waals surface area (Å²) in [6.45, 7) is 1.67. The lowest BCUT2D eigenvalue weighted by Crippen LogP contribution is -2.33. The molecule has 148 valence electrons. The molecule has 9 nitrogen and oxygen atoms in total. The smallest absolute Gasteiger partial charge is 0.177 e. The summed E-state index contributed by atoms with van der Waals surface area (Å²) in [7, 11) is 0. The second-order valence-corrected chi connectivity index (χ2v) is 7.04. The molecular weight excluding hydrogens is 362 g/mol. The predicted molar refractivity (Wildman–Crippen MR) is 102 cm³/mol. The van der Waals surface area contributed by atoms with Crippen molar-refractivity contribution in [3.63, 3.8) is 0 Å². The highest BCUT2D eigenvalue weighted by Gasteiger charge is 2.43. The number of rotatable bonds is 6. The van der Waals surface area contributed by atoms with Crippen molar-refractivity contribution in [2.45, 2.75) is 43.9 Å². The Bertz CT molecular complexity index is 934. The molecule has 3 aromatic rings. The van der Waals surface area contributed by atoms with Crippen molar-refractivity contribution in [1.29, 1.82) is 0 Å². The predicted octanol–water partition coefficient (Wildman–Crippen LogP) is 0.481. The van der Waals surface area contributed by atoms with Crippen LogP contribution < -0.4 is 5.32 Å². The molecule has 1 fully saturated rings. The third-order valence-electron chi connectivity index (χ3n) is 4.95. The quantitative estimate of drug-likeness (QED) is 0.483. The molecule has 0 bridgehead atoms. The molecule has 0 aliphatic carbocycles. The number of aliphatic hydroxyl groups excluding tert-OH is 3. The third kappa shape index (κ3) is 3.45. The highest BCUT2D eigenvalue weighted by atomic mass is 16.6.